The van der Waals surface area contributed by atoms with Crippen molar-refractivity contribution in [1.29, 1.82) is 5.26 Å². The third kappa shape index (κ3) is 2.85. The van der Waals surface area contributed by atoms with Gasteiger partial charge in [0.2, 0.25) is 0 Å². The van der Waals surface area contributed by atoms with Crippen LogP contribution in [0.15, 0.2) is 53.4 Å². The van der Waals surface area contributed by atoms with Crippen LogP contribution in [0, 0.1) is 24.1 Å². The molecule has 0 fully saturated rings. The van der Waals surface area contributed by atoms with E-state index in [2.05, 4.69) is 6.07 Å². The molecule has 0 amide bonds. The predicted molar refractivity (Wildman–Crippen MR) is 111 cm³/mol. The molecular formula is C22H20FN3O3S. The number of sulfonamides is 1. The first-order chi connectivity index (χ1) is 14.3. The lowest BCUT2D eigenvalue weighted by atomic mass is 10.1. The molecule has 154 valence electrons. The number of nitriles is 1. The number of aryl methyl sites for hydroxylation is 1. The van der Waals surface area contributed by atoms with Crippen LogP contribution in [0.4, 0.5) is 10.1 Å². The molecule has 0 saturated carbocycles. The maximum atomic E-state index is 14.2. The first-order valence-corrected chi connectivity index (χ1v) is 10.9. The van der Waals surface area contributed by atoms with Gasteiger partial charge in [0.25, 0.3) is 10.0 Å². The zero-order valence-corrected chi connectivity index (χ0v) is 17.6. The van der Waals surface area contributed by atoms with Crippen molar-refractivity contribution >= 4 is 15.7 Å². The minimum Gasteiger partial charge on any atom is -0.496 e. The molecule has 1 aromatic heterocycles. The lowest BCUT2D eigenvalue weighted by molar-refractivity contribution is 0.411. The van der Waals surface area contributed by atoms with Crippen molar-refractivity contribution < 1.29 is 17.5 Å². The Labute approximate surface area is 174 Å². The van der Waals surface area contributed by atoms with Gasteiger partial charge in [-0.15, -0.1) is 0 Å². The van der Waals surface area contributed by atoms with Gasteiger partial charge >= 0.3 is 0 Å². The molecule has 2 heterocycles. The van der Waals surface area contributed by atoms with Crippen LogP contribution in [0.1, 0.15) is 36.3 Å². The summed E-state index contributed by atoms with van der Waals surface area (Å²) in [6.07, 6.45) is 0.444. The first-order valence-electron chi connectivity index (χ1n) is 9.44. The van der Waals surface area contributed by atoms with E-state index in [0.717, 1.165) is 0 Å². The van der Waals surface area contributed by atoms with Crippen LogP contribution in [0.5, 0.6) is 5.75 Å². The SMILES string of the molecule is CCC1c2ccc(C#N)n2-c2ccc(F)cc2N1S(=O)(=O)c1ccc(OC)c(C)c1. The number of fused-ring (bicyclic) bond motifs is 3. The van der Waals surface area contributed by atoms with Gasteiger partial charge in [-0.2, -0.15) is 5.26 Å². The average molecular weight is 425 g/mol. The van der Waals surface area contributed by atoms with E-state index >= 15 is 0 Å². The van der Waals surface area contributed by atoms with E-state index in [4.69, 9.17) is 4.74 Å². The molecule has 1 atom stereocenters. The summed E-state index contributed by atoms with van der Waals surface area (Å²) in [5, 5.41) is 9.52. The topological polar surface area (TPSA) is 75.3 Å². The molecule has 1 aliphatic rings. The number of hydrogen-bond donors (Lipinski definition) is 0. The van der Waals surface area contributed by atoms with E-state index < -0.39 is 21.9 Å². The Balaban J connectivity index is 1.99. The molecule has 0 bridgehead atoms. The number of methoxy groups -OCH3 is 1. The number of aromatic nitrogens is 1. The van der Waals surface area contributed by atoms with Gasteiger partial charge in [-0.25, -0.2) is 12.8 Å². The number of anilines is 1. The van der Waals surface area contributed by atoms with Crippen LogP contribution >= 0.6 is 0 Å². The average Bonchev–Trinajstić information content (AvgIpc) is 3.16. The molecule has 0 aliphatic carbocycles. The Morgan fingerprint density at radius 1 is 1.13 bits per heavy atom. The van der Waals surface area contributed by atoms with Crippen molar-refractivity contribution in [2.24, 2.45) is 0 Å². The van der Waals surface area contributed by atoms with Crippen LogP contribution in [0.3, 0.4) is 0 Å². The van der Waals surface area contributed by atoms with Crippen molar-refractivity contribution in [2.75, 3.05) is 11.4 Å². The Hall–Kier alpha value is -3.31. The zero-order valence-electron chi connectivity index (χ0n) is 16.8. The normalized spacial score (nSPS) is 15.3. The van der Waals surface area contributed by atoms with Gasteiger partial charge in [0.1, 0.15) is 23.3 Å². The summed E-state index contributed by atoms with van der Waals surface area (Å²) < 4.78 is 50.0. The molecule has 1 unspecified atom stereocenters. The summed E-state index contributed by atoms with van der Waals surface area (Å²) in [6.45, 7) is 3.63. The van der Waals surface area contributed by atoms with E-state index in [1.807, 2.05) is 6.92 Å². The van der Waals surface area contributed by atoms with Crippen LogP contribution in [-0.4, -0.2) is 20.1 Å². The number of halogens is 1. The maximum absolute atomic E-state index is 14.2. The van der Waals surface area contributed by atoms with E-state index in [1.165, 1.54) is 35.7 Å². The third-order valence-electron chi connectivity index (χ3n) is 5.38. The van der Waals surface area contributed by atoms with E-state index in [1.54, 1.807) is 35.8 Å². The fraction of sp³-hybridized carbons (Fsp3) is 0.227. The standard InChI is InChI=1S/C22H20FN3O3S/c1-4-18-19-9-6-16(13-24)25(19)20-8-5-15(23)12-21(20)26(18)30(27,28)17-7-10-22(29-3)14(2)11-17/h5-12,18H,4H2,1-3H3. The van der Waals surface area contributed by atoms with Crippen molar-refractivity contribution in [3.05, 3.63) is 71.3 Å². The van der Waals surface area contributed by atoms with Gasteiger partial charge in [0.15, 0.2) is 0 Å². The Morgan fingerprint density at radius 2 is 1.90 bits per heavy atom. The maximum Gasteiger partial charge on any atom is 0.265 e. The third-order valence-corrected chi connectivity index (χ3v) is 7.19. The summed E-state index contributed by atoms with van der Waals surface area (Å²) in [6, 6.07) is 13.6. The summed E-state index contributed by atoms with van der Waals surface area (Å²) in [5.41, 5.74) is 2.37. The number of ether oxygens (including phenoxy) is 1. The van der Waals surface area contributed by atoms with E-state index in [0.29, 0.717) is 34.8 Å². The molecule has 2 aromatic carbocycles. The van der Waals surface area contributed by atoms with E-state index in [-0.39, 0.29) is 10.6 Å². The second-order valence-electron chi connectivity index (χ2n) is 7.08. The summed E-state index contributed by atoms with van der Waals surface area (Å²) in [5.74, 6) is 0.0300. The van der Waals surface area contributed by atoms with Crippen molar-refractivity contribution in [3.63, 3.8) is 0 Å². The first kappa shape index (κ1) is 20.0. The lowest BCUT2D eigenvalue weighted by Gasteiger charge is -2.38. The largest absolute Gasteiger partial charge is 0.496 e. The molecule has 0 N–H and O–H groups in total. The molecule has 0 radical (unpaired) electrons. The van der Waals surface area contributed by atoms with Crippen LogP contribution in [-0.2, 0) is 10.0 Å². The quantitative estimate of drug-likeness (QED) is 0.618. The zero-order chi connectivity index (χ0) is 21.6. The highest BCUT2D eigenvalue weighted by molar-refractivity contribution is 7.92. The lowest BCUT2D eigenvalue weighted by Crippen LogP contribution is -2.39. The molecule has 0 saturated heterocycles. The second kappa shape index (κ2) is 7.18. The Morgan fingerprint density at radius 3 is 2.53 bits per heavy atom. The molecule has 4 rings (SSSR count). The monoisotopic (exact) mass is 425 g/mol. The molecule has 1 aliphatic heterocycles. The minimum absolute atomic E-state index is 0.0926. The second-order valence-corrected chi connectivity index (χ2v) is 8.89. The number of hydrogen-bond acceptors (Lipinski definition) is 4. The molecule has 3 aromatic rings. The highest BCUT2D eigenvalue weighted by atomic mass is 32.2. The van der Waals surface area contributed by atoms with Gasteiger partial charge in [0, 0.05) is 11.8 Å². The summed E-state index contributed by atoms with van der Waals surface area (Å²) in [7, 11) is -2.50. The van der Waals surface area contributed by atoms with Gasteiger partial charge in [-0.1, -0.05) is 6.92 Å². The van der Waals surface area contributed by atoms with Crippen molar-refractivity contribution in [3.8, 4) is 17.5 Å². The fourth-order valence-electron chi connectivity index (χ4n) is 4.02. The summed E-state index contributed by atoms with van der Waals surface area (Å²) >= 11 is 0. The summed E-state index contributed by atoms with van der Waals surface area (Å²) in [4.78, 5) is 0.0926. The smallest absolute Gasteiger partial charge is 0.265 e. The van der Waals surface area contributed by atoms with Gasteiger partial charge in [-0.3, -0.25) is 4.31 Å². The predicted octanol–water partition coefficient (Wildman–Crippen LogP) is 4.47. The molecule has 8 heteroatoms. The minimum atomic E-state index is -4.03. The number of nitrogens with zero attached hydrogens (tertiary/aromatic N) is 3. The van der Waals surface area contributed by atoms with Crippen molar-refractivity contribution in [1.82, 2.24) is 4.57 Å². The Kier molecular flexibility index (Phi) is 4.79. The number of benzene rings is 2. The fourth-order valence-corrected chi connectivity index (χ4v) is 5.81. The van der Waals surface area contributed by atoms with Gasteiger partial charge in [0.05, 0.1) is 29.4 Å². The highest BCUT2D eigenvalue weighted by Crippen LogP contribution is 2.45. The number of rotatable bonds is 4. The van der Waals surface area contributed by atoms with E-state index in [9.17, 15) is 18.1 Å². The van der Waals surface area contributed by atoms with Crippen LogP contribution in [0.2, 0.25) is 0 Å². The highest BCUT2D eigenvalue weighted by Gasteiger charge is 2.39. The molecule has 0 spiro atoms. The van der Waals surface area contributed by atoms with Crippen LogP contribution in [0.25, 0.3) is 5.69 Å². The van der Waals surface area contributed by atoms with Crippen LogP contribution < -0.4 is 9.04 Å². The molecule has 6 nitrogen and oxygen atoms in total. The Bertz CT molecular complexity index is 1290. The molecular weight excluding hydrogens is 405 g/mol. The van der Waals surface area contributed by atoms with Crippen molar-refractivity contribution in [2.45, 2.75) is 31.2 Å². The van der Waals surface area contributed by atoms with Gasteiger partial charge < -0.3 is 9.30 Å². The van der Waals surface area contributed by atoms with Gasteiger partial charge in [-0.05, 0) is 61.4 Å². The molecule has 30 heavy (non-hydrogen) atoms.